The fourth-order valence-electron chi connectivity index (χ4n) is 2.05. The maximum Gasteiger partial charge on any atom is 0.306 e. The molecule has 2 unspecified atom stereocenters. The van der Waals surface area contributed by atoms with Crippen molar-refractivity contribution in [3.05, 3.63) is 23.2 Å². The molecule has 1 amide bonds. The Morgan fingerprint density at radius 3 is 2.78 bits per heavy atom. The second-order valence-corrected chi connectivity index (χ2v) is 4.63. The number of carbonyl (C=O) groups excluding carboxylic acids is 1. The van der Waals surface area contributed by atoms with Gasteiger partial charge in [-0.2, -0.15) is 0 Å². The second kappa shape index (κ2) is 5.30. The van der Waals surface area contributed by atoms with Gasteiger partial charge in [-0.25, -0.2) is 4.98 Å². The molecule has 2 rings (SSSR count). The molecule has 6 nitrogen and oxygen atoms in total. The van der Waals surface area contributed by atoms with Crippen molar-refractivity contribution in [2.24, 2.45) is 5.92 Å². The molecule has 2 N–H and O–H groups in total. The smallest absolute Gasteiger partial charge is 0.306 e. The van der Waals surface area contributed by atoms with Crippen LogP contribution in [0, 0.1) is 5.92 Å². The number of aliphatic carboxylic acids is 1. The highest BCUT2D eigenvalue weighted by molar-refractivity contribution is 6.29. The fraction of sp³-hybridized carbons (Fsp3) is 0.455. The first-order valence-corrected chi connectivity index (χ1v) is 5.95. The number of halogens is 1. The third-order valence-electron chi connectivity index (χ3n) is 2.95. The summed E-state index contributed by atoms with van der Waals surface area (Å²) in [6.07, 6.45) is 4.37. The molecule has 1 aliphatic carbocycles. The van der Waals surface area contributed by atoms with Crippen LogP contribution in [0.4, 0.5) is 0 Å². The van der Waals surface area contributed by atoms with E-state index < -0.39 is 5.97 Å². The number of rotatable bonds is 3. The summed E-state index contributed by atoms with van der Waals surface area (Å²) < 4.78 is 0. The molecule has 0 radical (unpaired) electrons. The lowest BCUT2D eigenvalue weighted by atomic mass is 10.1. The SMILES string of the molecule is O=C(NC1CCC(C(=O)O)C1)c1cncc(Cl)n1. The van der Waals surface area contributed by atoms with E-state index in [2.05, 4.69) is 15.3 Å². The van der Waals surface area contributed by atoms with E-state index in [1.165, 1.54) is 12.4 Å². The third kappa shape index (κ3) is 2.95. The summed E-state index contributed by atoms with van der Waals surface area (Å²) in [4.78, 5) is 30.2. The van der Waals surface area contributed by atoms with Crippen molar-refractivity contribution in [3.8, 4) is 0 Å². The summed E-state index contributed by atoms with van der Waals surface area (Å²) >= 11 is 5.64. The number of amides is 1. The van der Waals surface area contributed by atoms with Gasteiger partial charge in [-0.1, -0.05) is 11.6 Å². The highest BCUT2D eigenvalue weighted by Crippen LogP contribution is 2.25. The molecule has 7 heteroatoms. The molecule has 1 fully saturated rings. The molecule has 2 atom stereocenters. The van der Waals surface area contributed by atoms with Crippen LogP contribution in [0.15, 0.2) is 12.4 Å². The molecule has 0 aromatic carbocycles. The average molecular weight is 270 g/mol. The number of nitrogens with zero attached hydrogens (tertiary/aromatic N) is 2. The predicted molar refractivity (Wildman–Crippen MR) is 63.3 cm³/mol. The Morgan fingerprint density at radius 1 is 1.39 bits per heavy atom. The molecule has 1 aliphatic rings. The first kappa shape index (κ1) is 12.8. The maximum atomic E-state index is 11.8. The van der Waals surface area contributed by atoms with E-state index in [4.69, 9.17) is 16.7 Å². The van der Waals surface area contributed by atoms with E-state index in [1.807, 2.05) is 0 Å². The highest BCUT2D eigenvalue weighted by atomic mass is 35.5. The topological polar surface area (TPSA) is 92.2 Å². The first-order chi connectivity index (χ1) is 8.56. The average Bonchev–Trinajstić information content (AvgIpc) is 2.77. The normalized spacial score (nSPS) is 22.7. The number of hydrogen-bond acceptors (Lipinski definition) is 4. The molecule has 1 aromatic heterocycles. The van der Waals surface area contributed by atoms with Crippen molar-refractivity contribution < 1.29 is 14.7 Å². The van der Waals surface area contributed by atoms with Crippen LogP contribution in [-0.2, 0) is 4.79 Å². The summed E-state index contributed by atoms with van der Waals surface area (Å²) in [5.74, 6) is -1.56. The fourth-order valence-corrected chi connectivity index (χ4v) is 2.20. The standard InChI is InChI=1S/C11H12ClN3O3/c12-9-5-13-4-8(15-9)10(16)14-7-2-1-6(3-7)11(17)18/h4-7H,1-3H2,(H,14,16)(H,17,18). The molecule has 1 aromatic rings. The van der Waals surface area contributed by atoms with Gasteiger partial charge in [0.15, 0.2) is 0 Å². The van der Waals surface area contributed by atoms with Gasteiger partial charge in [-0.15, -0.1) is 0 Å². The molecule has 18 heavy (non-hydrogen) atoms. The second-order valence-electron chi connectivity index (χ2n) is 4.25. The van der Waals surface area contributed by atoms with E-state index in [1.54, 1.807) is 0 Å². The van der Waals surface area contributed by atoms with E-state index in [0.717, 1.165) is 0 Å². The van der Waals surface area contributed by atoms with E-state index in [0.29, 0.717) is 19.3 Å². The molecule has 0 saturated heterocycles. The van der Waals surface area contributed by atoms with E-state index in [9.17, 15) is 9.59 Å². The van der Waals surface area contributed by atoms with Crippen molar-refractivity contribution in [2.75, 3.05) is 0 Å². The van der Waals surface area contributed by atoms with E-state index in [-0.39, 0.29) is 28.7 Å². The molecular formula is C11H12ClN3O3. The number of carboxylic acids is 1. The van der Waals surface area contributed by atoms with E-state index >= 15 is 0 Å². The Balaban J connectivity index is 1.95. The van der Waals surface area contributed by atoms with Crippen LogP contribution in [0.1, 0.15) is 29.8 Å². The van der Waals surface area contributed by atoms with Crippen LogP contribution in [-0.4, -0.2) is 33.0 Å². The first-order valence-electron chi connectivity index (χ1n) is 5.57. The van der Waals surface area contributed by atoms with Gasteiger partial charge >= 0.3 is 5.97 Å². The Labute approximate surface area is 108 Å². The van der Waals surface area contributed by atoms with Crippen molar-refractivity contribution in [3.63, 3.8) is 0 Å². The largest absolute Gasteiger partial charge is 0.481 e. The lowest BCUT2D eigenvalue weighted by molar-refractivity contribution is -0.141. The van der Waals surface area contributed by atoms with Crippen LogP contribution in [0.2, 0.25) is 5.15 Å². The molecule has 0 bridgehead atoms. The monoisotopic (exact) mass is 269 g/mol. The summed E-state index contributed by atoms with van der Waals surface area (Å²) in [6, 6.07) is -0.126. The molecule has 1 saturated carbocycles. The quantitative estimate of drug-likeness (QED) is 0.858. The summed E-state index contributed by atoms with van der Waals surface area (Å²) in [5.41, 5.74) is 0.140. The van der Waals surface area contributed by atoms with Crippen LogP contribution in [0.3, 0.4) is 0 Å². The van der Waals surface area contributed by atoms with Crippen molar-refractivity contribution in [2.45, 2.75) is 25.3 Å². The summed E-state index contributed by atoms with van der Waals surface area (Å²) in [5, 5.41) is 11.8. The molecule has 1 heterocycles. The molecule has 96 valence electrons. The van der Waals surface area contributed by atoms with Crippen LogP contribution >= 0.6 is 11.6 Å². The predicted octanol–water partition coefficient (Wildman–Crippen LogP) is 1.11. The summed E-state index contributed by atoms with van der Waals surface area (Å²) in [7, 11) is 0. The number of carboxylic acid groups (broad SMARTS) is 1. The zero-order valence-corrected chi connectivity index (χ0v) is 10.2. The number of aromatic nitrogens is 2. The highest BCUT2D eigenvalue weighted by Gasteiger charge is 2.30. The van der Waals surface area contributed by atoms with Gasteiger partial charge in [0.05, 0.1) is 18.3 Å². The van der Waals surface area contributed by atoms with Gasteiger partial charge in [0, 0.05) is 6.04 Å². The summed E-state index contributed by atoms with van der Waals surface area (Å²) in [6.45, 7) is 0. The van der Waals surface area contributed by atoms with Crippen LogP contribution < -0.4 is 5.32 Å². The van der Waals surface area contributed by atoms with Gasteiger partial charge < -0.3 is 10.4 Å². The van der Waals surface area contributed by atoms with Gasteiger partial charge in [-0.05, 0) is 19.3 Å². The lowest BCUT2D eigenvalue weighted by Gasteiger charge is -2.11. The Hall–Kier alpha value is -1.69. The maximum absolute atomic E-state index is 11.8. The third-order valence-corrected chi connectivity index (χ3v) is 3.14. The van der Waals surface area contributed by atoms with Crippen LogP contribution in [0.25, 0.3) is 0 Å². The number of hydrogen-bond donors (Lipinski definition) is 2. The zero-order chi connectivity index (χ0) is 13.1. The minimum atomic E-state index is -0.811. The van der Waals surface area contributed by atoms with Crippen LogP contribution in [0.5, 0.6) is 0 Å². The molecule has 0 spiro atoms. The Bertz CT molecular complexity index is 480. The van der Waals surface area contributed by atoms with Crippen molar-refractivity contribution in [1.29, 1.82) is 0 Å². The van der Waals surface area contributed by atoms with Gasteiger partial charge in [-0.3, -0.25) is 14.6 Å². The minimum absolute atomic E-state index is 0.126. The van der Waals surface area contributed by atoms with Gasteiger partial charge in [0.1, 0.15) is 10.8 Å². The van der Waals surface area contributed by atoms with Gasteiger partial charge in [0.2, 0.25) is 0 Å². The van der Waals surface area contributed by atoms with Crippen molar-refractivity contribution in [1.82, 2.24) is 15.3 Å². The number of nitrogens with one attached hydrogen (secondary N) is 1. The Kier molecular flexibility index (Phi) is 3.76. The zero-order valence-electron chi connectivity index (χ0n) is 9.47. The minimum Gasteiger partial charge on any atom is -0.481 e. The molecule has 0 aliphatic heterocycles. The van der Waals surface area contributed by atoms with Crippen molar-refractivity contribution >= 4 is 23.5 Å². The lowest BCUT2D eigenvalue weighted by Crippen LogP contribution is -2.34. The number of carbonyl (C=O) groups is 2. The van der Waals surface area contributed by atoms with Gasteiger partial charge in [0.25, 0.3) is 5.91 Å². The Morgan fingerprint density at radius 2 is 2.17 bits per heavy atom. The molecular weight excluding hydrogens is 258 g/mol.